The fourth-order valence-corrected chi connectivity index (χ4v) is 18.1. The number of aliphatic hydroxyl groups is 28. The first kappa shape index (κ1) is 116. The number of carbonyl (C=O) groups excluding carboxylic acids is 6. The quantitative estimate of drug-likeness (QED) is 0.0275. The van der Waals surface area contributed by atoms with E-state index in [0.717, 1.165) is 41.5 Å². The van der Waals surface area contributed by atoms with Crippen molar-refractivity contribution in [3.8, 4) is 0 Å². The highest BCUT2D eigenvalue weighted by atomic mass is 16.8. The van der Waals surface area contributed by atoms with Crippen LogP contribution in [0.1, 0.15) is 41.5 Å². The number of rotatable bonds is 37. The van der Waals surface area contributed by atoms with Gasteiger partial charge in [0.25, 0.3) is 0 Å². The van der Waals surface area contributed by atoms with Crippen molar-refractivity contribution in [3.05, 3.63) is 0 Å². The molecule has 0 aromatic heterocycles. The molecule has 11 aliphatic rings. The molecular formula is C78H128N6O57. The molecule has 11 rings (SSSR count). The number of hydrogen-bond acceptors (Lipinski definition) is 56. The molecule has 0 saturated carbocycles. The van der Waals surface area contributed by atoms with E-state index in [1.54, 1.807) is 0 Å². The smallest absolute Gasteiger partial charge is 0.335 e. The number of nitrogens with one attached hydrogen (secondary N) is 6. The maximum Gasteiger partial charge on any atom is 0.335 e. The molecule has 11 saturated heterocycles. The number of carboxylic acid groups (broad SMARTS) is 1. The summed E-state index contributed by atoms with van der Waals surface area (Å²) in [4.78, 5) is 89.3. The Labute approximate surface area is 797 Å². The Kier molecular flexibility index (Phi) is 41.5. The Balaban J connectivity index is 0.975. The molecule has 55 atom stereocenters. The summed E-state index contributed by atoms with van der Waals surface area (Å²) in [5, 5.41) is 343. The van der Waals surface area contributed by atoms with Crippen LogP contribution < -0.4 is 31.9 Å². The van der Waals surface area contributed by atoms with Gasteiger partial charge in [-0.1, -0.05) is 0 Å². The first-order chi connectivity index (χ1) is 66.6. The lowest BCUT2D eigenvalue weighted by Crippen LogP contribution is -2.71. The third kappa shape index (κ3) is 26.1. The summed E-state index contributed by atoms with van der Waals surface area (Å²) < 4.78 is 126. The van der Waals surface area contributed by atoms with Gasteiger partial charge in [0.1, 0.15) is 262 Å². The lowest BCUT2D eigenvalue weighted by molar-refractivity contribution is -0.405. The van der Waals surface area contributed by atoms with E-state index in [2.05, 4.69) is 31.9 Å². The second kappa shape index (κ2) is 50.6. The van der Waals surface area contributed by atoms with Crippen LogP contribution in [-0.2, 0) is 133 Å². The summed E-state index contributed by atoms with van der Waals surface area (Å²) in [7, 11) is 0. The van der Waals surface area contributed by atoms with E-state index in [1.807, 2.05) is 0 Å². The van der Waals surface area contributed by atoms with Crippen LogP contribution >= 0.6 is 0 Å². The van der Waals surface area contributed by atoms with Gasteiger partial charge in [0, 0.05) is 41.5 Å². The molecule has 63 heteroatoms. The summed E-state index contributed by atoms with van der Waals surface area (Å²) in [5.41, 5.74) is 0. The topological polar surface area (TPSA) is 972 Å². The van der Waals surface area contributed by atoms with Crippen molar-refractivity contribution in [3.63, 3.8) is 0 Å². The predicted octanol–water partition coefficient (Wildman–Crippen LogP) is -24.0. The van der Waals surface area contributed by atoms with Crippen LogP contribution in [0.15, 0.2) is 0 Å². The zero-order valence-corrected chi connectivity index (χ0v) is 75.7. The van der Waals surface area contributed by atoms with Crippen LogP contribution in [0.5, 0.6) is 0 Å². The Morgan fingerprint density at radius 3 is 0.844 bits per heavy atom. The Bertz CT molecular complexity index is 4010. The number of carbonyl (C=O) groups is 7. The zero-order chi connectivity index (χ0) is 104. The van der Waals surface area contributed by atoms with E-state index < -0.39 is 445 Å². The predicted molar refractivity (Wildman–Crippen MR) is 432 cm³/mol. The van der Waals surface area contributed by atoms with E-state index in [0.29, 0.717) is 0 Å². The van der Waals surface area contributed by atoms with Gasteiger partial charge in [0.05, 0.1) is 66.1 Å². The molecule has 0 radical (unpaired) electrons. The molecule has 6 amide bonds. The van der Waals surface area contributed by atoms with Crippen molar-refractivity contribution in [2.45, 2.75) is 379 Å². The summed E-state index contributed by atoms with van der Waals surface area (Å²) >= 11 is 0. The fourth-order valence-electron chi connectivity index (χ4n) is 18.1. The van der Waals surface area contributed by atoms with Gasteiger partial charge in [-0.05, 0) is 0 Å². The SMILES string of the molecule is CC(=O)N[C@@H]1[C@H](O[C@@H]2[C@@H](O[C@@H]3[C@H](O)[C@H](O[C@H]4[C@H](O)[C@@H](NC(C)=O)[C@H](O[C@H]5[C@H](O)[C@@H](NC(C)=O)[C@H](O)O[C@@H]5CO)O[C@@H]4CO)O[C@H](CO[C@H]4O[C@H](CO[C@@H]5O[C@H](CO)[C@@H](O)[C@H](O)[C@H]5NC(C)=O)[C@@H](O)[C@H](O)[C@@H]4O[C@@H]4O[C@H](CO)[C@@H](O)[C@H](O)[C@H]4NC(C)=O)[C@H]3O)O[C@H](CO)[C@@H](O[C@@H]3O[C@H](CO)[C@@H](O[C@@H]4O[C@H](CO)[C@H](O)[C@H](O[C@@H]5O[C@H](C(=O)O)[C@@H](O)[C@H](O)[C@H]5O)[C@H]4O)[C@H](O)[C@H]3NC(C)=O)[C@@H]2O)O[C@H](CO)[C@@H](O)[C@@H]1O. The van der Waals surface area contributed by atoms with Crippen molar-refractivity contribution < 1.29 is 281 Å². The lowest BCUT2D eigenvalue weighted by atomic mass is 9.93. The van der Waals surface area contributed by atoms with Crippen molar-refractivity contribution in [2.24, 2.45) is 0 Å². The molecule has 11 fully saturated rings. The molecule has 0 aliphatic carbocycles. The number of ether oxygens (including phenoxy) is 21. The largest absolute Gasteiger partial charge is 0.479 e. The van der Waals surface area contributed by atoms with Crippen molar-refractivity contribution in [1.29, 1.82) is 0 Å². The summed E-state index contributed by atoms with van der Waals surface area (Å²) in [6, 6.07) is -11.5. The van der Waals surface area contributed by atoms with Crippen LogP contribution in [-0.4, -0.2) is 593 Å². The van der Waals surface area contributed by atoms with Gasteiger partial charge in [0.2, 0.25) is 35.4 Å². The molecule has 11 aliphatic heterocycles. The van der Waals surface area contributed by atoms with E-state index in [9.17, 15) is 182 Å². The lowest BCUT2D eigenvalue weighted by Gasteiger charge is -2.52. The molecule has 63 nitrogen and oxygen atoms in total. The summed E-state index contributed by atoms with van der Waals surface area (Å²) in [6.07, 6.45) is -109. The minimum atomic E-state index is -2.76. The average Bonchev–Trinajstić information content (AvgIpc) is 0.755. The zero-order valence-electron chi connectivity index (χ0n) is 75.7. The van der Waals surface area contributed by atoms with Crippen LogP contribution in [0.3, 0.4) is 0 Å². The highest BCUT2D eigenvalue weighted by Gasteiger charge is 2.63. The minimum Gasteiger partial charge on any atom is -0.479 e. The Hall–Kier alpha value is -5.67. The van der Waals surface area contributed by atoms with Crippen LogP contribution in [0.4, 0.5) is 0 Å². The van der Waals surface area contributed by atoms with Gasteiger partial charge >= 0.3 is 5.97 Å². The summed E-state index contributed by atoms with van der Waals surface area (Å²) in [5.74, 6) is -7.60. The second-order valence-electron chi connectivity index (χ2n) is 35.3. The van der Waals surface area contributed by atoms with Gasteiger partial charge in [-0.2, -0.15) is 0 Å². The normalized spacial score (nSPS) is 47.8. The van der Waals surface area contributed by atoms with E-state index >= 15 is 0 Å². The van der Waals surface area contributed by atoms with E-state index in [4.69, 9.17) is 99.5 Å². The molecule has 141 heavy (non-hydrogen) atoms. The maximum atomic E-state index is 13.3. The van der Waals surface area contributed by atoms with Crippen molar-refractivity contribution in [1.82, 2.24) is 31.9 Å². The molecule has 0 aromatic carbocycles. The third-order valence-corrected chi connectivity index (χ3v) is 25.3. The van der Waals surface area contributed by atoms with E-state index in [1.165, 1.54) is 0 Å². The number of aliphatic carboxylic acids is 1. The van der Waals surface area contributed by atoms with Crippen LogP contribution in [0.2, 0.25) is 0 Å². The first-order valence-corrected chi connectivity index (χ1v) is 44.6. The average molecular weight is 2060 g/mol. The van der Waals surface area contributed by atoms with Gasteiger partial charge in [-0.3, -0.25) is 28.8 Å². The Morgan fingerprint density at radius 2 is 0.454 bits per heavy atom. The highest BCUT2D eigenvalue weighted by molar-refractivity contribution is 5.76. The molecule has 11 heterocycles. The number of amides is 6. The standard InChI is InChI=1S/C78H128N6O57/c1-17(93)79-33-48(108)58(27(11-89)123-68(33)120)133-72-37(83-21(5)97)49(109)60(29(13-91)128-72)136-76-57(117)63(44(104)32(131-76)16-122-77-65(140-70-35(81-19(3)95)46(106)40(100)24(8-86)125-70)52(112)42(102)31(132-77)15-121-69-34(80-18(2)94)45(105)39(99)23(7-85)124-69)138-78-66(141-71-36(82-20(4)96)47(107)41(101)25(9-87)126-71)55(115)61(30(14-92)130-78)134-73-38(84-22(6)98)50(110)59(28(12-90)129-73)135-75-56(116)62(43(103)26(10-88)127-75)137-74-54(114)51(111)53(113)64(139-74)67(118)119/h23-66,68-78,85-92,99-117,120H,7-16H2,1-6H3,(H,79,93)(H,80,94)(H,81,95)(H,82,96)(H,83,97)(H,84,98)(H,118,119)/t23-,24-,25-,26-,27-,28-,29-,30-,31-,32-,33-,34-,35-,36+,37-,38-,39-,40-,41-,42-,43+,44-,45-,46-,47-,48-,49-,50-,51+,52+,53+,54-,55+,56-,57+,58-,59-,60-,61-,62+,63+,64+,65+,66+,68-,69-,70+,71+,72+,73+,74-,75+,76+,77+,78-/m1/s1. The van der Waals surface area contributed by atoms with Crippen molar-refractivity contribution >= 4 is 41.4 Å². The molecule has 812 valence electrons. The Morgan fingerprint density at radius 1 is 0.206 bits per heavy atom. The molecule has 0 unspecified atom stereocenters. The van der Waals surface area contributed by atoms with Gasteiger partial charge in [-0.25, -0.2) is 4.79 Å². The molecule has 0 aromatic rings. The molecule has 0 spiro atoms. The van der Waals surface area contributed by atoms with Crippen molar-refractivity contribution in [2.75, 3.05) is 66.1 Å². The third-order valence-electron chi connectivity index (χ3n) is 25.3. The second-order valence-corrected chi connectivity index (χ2v) is 35.3. The fraction of sp³-hybridized carbons (Fsp3) is 0.910. The summed E-state index contributed by atoms with van der Waals surface area (Å²) in [6.45, 7) is -6.38. The highest BCUT2D eigenvalue weighted by Crippen LogP contribution is 2.42. The molecular weight excluding hydrogens is 1930 g/mol. The molecule has 35 N–H and O–H groups in total. The number of aliphatic hydroxyl groups excluding tert-OH is 28. The number of carboxylic acids is 1. The maximum absolute atomic E-state index is 13.3. The van der Waals surface area contributed by atoms with Crippen LogP contribution in [0, 0.1) is 0 Å². The van der Waals surface area contributed by atoms with Gasteiger partial charge in [0.15, 0.2) is 75.3 Å². The van der Waals surface area contributed by atoms with E-state index in [-0.39, 0.29) is 0 Å². The van der Waals surface area contributed by atoms with Gasteiger partial charge < -0.3 is 279 Å². The molecule has 0 bridgehead atoms. The monoisotopic (exact) mass is 2060 g/mol. The first-order valence-electron chi connectivity index (χ1n) is 44.6. The number of hydrogen-bond donors (Lipinski definition) is 35. The van der Waals surface area contributed by atoms with Crippen LogP contribution in [0.25, 0.3) is 0 Å². The minimum absolute atomic E-state index is 0.835. The van der Waals surface area contributed by atoms with Gasteiger partial charge in [-0.15, -0.1) is 0 Å².